The minimum atomic E-state index is 0.191. The monoisotopic (exact) mass is 275 g/mol. The van der Waals surface area contributed by atoms with E-state index in [-0.39, 0.29) is 5.91 Å². The lowest BCUT2D eigenvalue weighted by molar-refractivity contribution is -0.129. The summed E-state index contributed by atoms with van der Waals surface area (Å²) in [6, 6.07) is 9.07. The predicted molar refractivity (Wildman–Crippen MR) is 82.7 cm³/mol. The Bertz CT molecular complexity index is 451. The molecule has 1 heterocycles. The molecular weight excluding hydrogens is 250 g/mol. The quantitative estimate of drug-likeness (QED) is 0.915. The summed E-state index contributed by atoms with van der Waals surface area (Å²) in [5.41, 5.74) is 2.51. The maximum absolute atomic E-state index is 11.3. The molecule has 0 spiro atoms. The second-order valence-corrected chi connectivity index (χ2v) is 5.86. The van der Waals surface area contributed by atoms with Crippen LogP contribution >= 0.6 is 0 Å². The van der Waals surface area contributed by atoms with Crippen LogP contribution < -0.4 is 5.32 Å². The van der Waals surface area contributed by atoms with Crippen molar-refractivity contribution in [1.29, 1.82) is 0 Å². The Hall–Kier alpha value is -1.55. The SMILES string of the molecule is CC(=O)N1CCC(Nc2cccc(CN(C)C)c2)CC1. The van der Waals surface area contributed by atoms with E-state index in [2.05, 4.69) is 48.6 Å². The van der Waals surface area contributed by atoms with E-state index in [9.17, 15) is 4.79 Å². The first-order valence-electron chi connectivity index (χ1n) is 7.30. The van der Waals surface area contributed by atoms with Crippen molar-refractivity contribution in [3.05, 3.63) is 29.8 Å². The molecule has 1 amide bonds. The van der Waals surface area contributed by atoms with Crippen molar-refractivity contribution in [2.75, 3.05) is 32.5 Å². The van der Waals surface area contributed by atoms with E-state index in [0.29, 0.717) is 6.04 Å². The normalized spacial score (nSPS) is 16.5. The number of hydrogen-bond acceptors (Lipinski definition) is 3. The number of piperidine rings is 1. The summed E-state index contributed by atoms with van der Waals surface area (Å²) >= 11 is 0. The maximum Gasteiger partial charge on any atom is 0.219 e. The molecule has 1 aromatic carbocycles. The van der Waals surface area contributed by atoms with E-state index >= 15 is 0 Å². The van der Waals surface area contributed by atoms with Gasteiger partial charge in [0.2, 0.25) is 5.91 Å². The Morgan fingerprint density at radius 3 is 2.65 bits per heavy atom. The van der Waals surface area contributed by atoms with E-state index in [1.54, 1.807) is 6.92 Å². The number of rotatable bonds is 4. The van der Waals surface area contributed by atoms with Crippen LogP contribution in [0.2, 0.25) is 0 Å². The fourth-order valence-corrected chi connectivity index (χ4v) is 2.70. The van der Waals surface area contributed by atoms with Gasteiger partial charge in [-0.05, 0) is 44.6 Å². The first-order chi connectivity index (χ1) is 9.54. The molecule has 1 fully saturated rings. The van der Waals surface area contributed by atoms with Crippen LogP contribution in [0.3, 0.4) is 0 Å². The topological polar surface area (TPSA) is 35.6 Å². The van der Waals surface area contributed by atoms with Gasteiger partial charge in [0.15, 0.2) is 0 Å². The molecule has 0 bridgehead atoms. The number of anilines is 1. The predicted octanol–water partition coefficient (Wildman–Crippen LogP) is 2.17. The molecule has 1 aromatic rings. The van der Waals surface area contributed by atoms with Crippen molar-refractivity contribution < 1.29 is 4.79 Å². The summed E-state index contributed by atoms with van der Waals surface area (Å²) in [4.78, 5) is 15.4. The molecule has 4 heteroatoms. The second kappa shape index (κ2) is 6.75. The highest BCUT2D eigenvalue weighted by Crippen LogP contribution is 2.18. The third-order valence-electron chi connectivity index (χ3n) is 3.74. The van der Waals surface area contributed by atoms with Gasteiger partial charge in [-0.15, -0.1) is 0 Å². The number of hydrogen-bond donors (Lipinski definition) is 1. The highest BCUT2D eigenvalue weighted by Gasteiger charge is 2.20. The second-order valence-electron chi connectivity index (χ2n) is 5.86. The number of likely N-dealkylation sites (tertiary alicyclic amines) is 1. The molecule has 0 radical (unpaired) electrons. The molecule has 2 rings (SSSR count). The summed E-state index contributed by atoms with van der Waals surface area (Å²) in [6.07, 6.45) is 2.05. The highest BCUT2D eigenvalue weighted by atomic mass is 16.2. The summed E-state index contributed by atoms with van der Waals surface area (Å²) < 4.78 is 0. The van der Waals surface area contributed by atoms with Crippen LogP contribution in [0, 0.1) is 0 Å². The van der Waals surface area contributed by atoms with E-state index in [1.165, 1.54) is 11.3 Å². The summed E-state index contributed by atoms with van der Waals surface area (Å²) in [6.45, 7) is 4.34. The van der Waals surface area contributed by atoms with Crippen LogP contribution in [0.5, 0.6) is 0 Å². The zero-order valence-corrected chi connectivity index (χ0v) is 12.7. The van der Waals surface area contributed by atoms with Gasteiger partial charge in [-0.25, -0.2) is 0 Å². The van der Waals surface area contributed by atoms with Gasteiger partial charge in [-0.3, -0.25) is 4.79 Å². The van der Waals surface area contributed by atoms with Crippen molar-refractivity contribution >= 4 is 11.6 Å². The highest BCUT2D eigenvalue weighted by molar-refractivity contribution is 5.73. The molecule has 1 aliphatic rings. The Kier molecular flexibility index (Phi) is 5.01. The molecule has 0 aromatic heterocycles. The zero-order chi connectivity index (χ0) is 14.5. The lowest BCUT2D eigenvalue weighted by atomic mass is 10.0. The van der Waals surface area contributed by atoms with Crippen LogP contribution in [-0.4, -0.2) is 48.9 Å². The average Bonchev–Trinajstić information content (AvgIpc) is 2.39. The fraction of sp³-hybridized carbons (Fsp3) is 0.562. The average molecular weight is 275 g/mol. The van der Waals surface area contributed by atoms with Crippen LogP contribution in [0.1, 0.15) is 25.3 Å². The van der Waals surface area contributed by atoms with Crippen LogP contribution in [0.25, 0.3) is 0 Å². The zero-order valence-electron chi connectivity index (χ0n) is 12.7. The Morgan fingerprint density at radius 2 is 2.05 bits per heavy atom. The molecule has 20 heavy (non-hydrogen) atoms. The summed E-state index contributed by atoms with van der Waals surface area (Å²) in [7, 11) is 4.16. The minimum Gasteiger partial charge on any atom is -0.382 e. The number of amides is 1. The Morgan fingerprint density at radius 1 is 1.35 bits per heavy atom. The minimum absolute atomic E-state index is 0.191. The van der Waals surface area contributed by atoms with Crippen LogP contribution in [-0.2, 0) is 11.3 Å². The van der Waals surface area contributed by atoms with Gasteiger partial charge >= 0.3 is 0 Å². The molecule has 1 N–H and O–H groups in total. The molecule has 1 saturated heterocycles. The molecule has 0 unspecified atom stereocenters. The Labute approximate surface area is 121 Å². The molecule has 4 nitrogen and oxygen atoms in total. The van der Waals surface area contributed by atoms with E-state index < -0.39 is 0 Å². The van der Waals surface area contributed by atoms with E-state index in [4.69, 9.17) is 0 Å². The van der Waals surface area contributed by atoms with Gasteiger partial charge < -0.3 is 15.1 Å². The molecule has 1 aliphatic heterocycles. The Balaban J connectivity index is 1.89. The molecule has 0 aliphatic carbocycles. The van der Waals surface area contributed by atoms with Crippen LogP contribution in [0.15, 0.2) is 24.3 Å². The largest absolute Gasteiger partial charge is 0.382 e. The summed E-state index contributed by atoms with van der Waals surface area (Å²) in [5, 5.41) is 3.60. The number of benzene rings is 1. The molecule has 110 valence electrons. The number of nitrogens with zero attached hydrogens (tertiary/aromatic N) is 2. The molecule has 0 atom stereocenters. The van der Waals surface area contributed by atoms with Crippen LogP contribution in [0.4, 0.5) is 5.69 Å². The lowest BCUT2D eigenvalue weighted by Gasteiger charge is -2.32. The van der Waals surface area contributed by atoms with Gasteiger partial charge in [0.1, 0.15) is 0 Å². The first-order valence-corrected chi connectivity index (χ1v) is 7.30. The maximum atomic E-state index is 11.3. The third-order valence-corrected chi connectivity index (χ3v) is 3.74. The van der Waals surface area contributed by atoms with E-state index in [1.807, 2.05) is 4.90 Å². The van der Waals surface area contributed by atoms with Gasteiger partial charge in [0.25, 0.3) is 0 Å². The number of carbonyl (C=O) groups excluding carboxylic acids is 1. The van der Waals surface area contributed by atoms with Gasteiger partial charge in [0.05, 0.1) is 0 Å². The number of nitrogens with one attached hydrogen (secondary N) is 1. The van der Waals surface area contributed by atoms with Gasteiger partial charge in [-0.1, -0.05) is 12.1 Å². The van der Waals surface area contributed by atoms with Gasteiger partial charge in [-0.2, -0.15) is 0 Å². The third kappa shape index (κ3) is 4.23. The van der Waals surface area contributed by atoms with E-state index in [0.717, 1.165) is 32.5 Å². The first kappa shape index (κ1) is 14.9. The van der Waals surface area contributed by atoms with Crippen molar-refractivity contribution in [2.24, 2.45) is 0 Å². The van der Waals surface area contributed by atoms with Crippen molar-refractivity contribution in [3.8, 4) is 0 Å². The fourth-order valence-electron chi connectivity index (χ4n) is 2.70. The van der Waals surface area contributed by atoms with Gasteiger partial charge in [0, 0.05) is 38.3 Å². The summed E-state index contributed by atoms with van der Waals surface area (Å²) in [5.74, 6) is 0.191. The van der Waals surface area contributed by atoms with Crippen molar-refractivity contribution in [3.63, 3.8) is 0 Å². The lowest BCUT2D eigenvalue weighted by Crippen LogP contribution is -2.41. The standard InChI is InChI=1S/C16H25N3O/c1-13(20)19-9-7-15(8-10-19)17-16-6-4-5-14(11-16)12-18(2)3/h4-6,11,15,17H,7-10,12H2,1-3H3. The van der Waals surface area contributed by atoms with Crippen molar-refractivity contribution in [2.45, 2.75) is 32.4 Å². The number of carbonyl (C=O) groups is 1. The molecular formula is C16H25N3O. The smallest absolute Gasteiger partial charge is 0.219 e. The molecule has 0 saturated carbocycles. The van der Waals surface area contributed by atoms with Crippen molar-refractivity contribution in [1.82, 2.24) is 9.80 Å².